The molecule has 0 saturated heterocycles. The molecule has 3 aromatic heterocycles. The molecule has 0 amide bonds. The first-order chi connectivity index (χ1) is 9.59. The van der Waals surface area contributed by atoms with Crippen LogP contribution in [0.4, 0.5) is 0 Å². The van der Waals surface area contributed by atoms with Crippen LogP contribution < -0.4 is 5.43 Å². The lowest BCUT2D eigenvalue weighted by Crippen LogP contribution is -2.19. The second-order valence-corrected chi connectivity index (χ2v) is 5.06. The molecule has 0 unspecified atom stereocenters. The van der Waals surface area contributed by atoms with Gasteiger partial charge in [0.25, 0.3) is 0 Å². The normalized spacial score (nSPS) is 10.8. The number of hydrogen-bond acceptors (Lipinski definition) is 5. The fourth-order valence-corrected chi connectivity index (χ4v) is 2.64. The Hall–Kier alpha value is -2.54. The molecule has 0 aliphatic rings. The topological polar surface area (TPSA) is 85.1 Å². The van der Waals surface area contributed by atoms with Crippen molar-refractivity contribution < 1.29 is 9.90 Å². The van der Waals surface area contributed by atoms with Crippen LogP contribution in [0.5, 0.6) is 0 Å². The van der Waals surface area contributed by atoms with Crippen LogP contribution in [0.15, 0.2) is 34.8 Å². The van der Waals surface area contributed by atoms with Gasteiger partial charge < -0.3 is 5.11 Å². The van der Waals surface area contributed by atoms with E-state index in [4.69, 9.17) is 0 Å². The maximum Gasteiger partial charge on any atom is 0.341 e. The first-order valence-electron chi connectivity index (χ1n) is 5.73. The minimum Gasteiger partial charge on any atom is -0.477 e. The zero-order valence-corrected chi connectivity index (χ0v) is 11.2. The number of thiazole rings is 1. The second kappa shape index (κ2) is 4.53. The molecule has 3 aromatic rings. The van der Waals surface area contributed by atoms with Gasteiger partial charge in [-0.3, -0.25) is 9.36 Å². The van der Waals surface area contributed by atoms with Crippen LogP contribution in [0.3, 0.4) is 0 Å². The number of rotatable bonds is 2. The van der Waals surface area contributed by atoms with Crippen LogP contribution in [0, 0.1) is 6.92 Å². The van der Waals surface area contributed by atoms with E-state index in [9.17, 15) is 14.7 Å². The number of carboxylic acids is 1. The number of carbonyl (C=O) groups is 1. The summed E-state index contributed by atoms with van der Waals surface area (Å²) in [5, 5.41) is 11.8. The van der Waals surface area contributed by atoms with Gasteiger partial charge in [-0.25, -0.2) is 14.8 Å². The van der Waals surface area contributed by atoms with Gasteiger partial charge in [0.1, 0.15) is 11.2 Å². The highest BCUT2D eigenvalue weighted by molar-refractivity contribution is 7.12. The second-order valence-electron chi connectivity index (χ2n) is 4.19. The van der Waals surface area contributed by atoms with Gasteiger partial charge in [0.05, 0.1) is 5.39 Å². The van der Waals surface area contributed by atoms with Crippen LogP contribution in [0.2, 0.25) is 0 Å². The van der Waals surface area contributed by atoms with E-state index in [1.165, 1.54) is 22.1 Å². The fraction of sp³-hybridized carbons (Fsp3) is 0.0769. The summed E-state index contributed by atoms with van der Waals surface area (Å²) in [6.45, 7) is 1.75. The maximum absolute atomic E-state index is 12.3. The lowest BCUT2D eigenvalue weighted by Gasteiger charge is -2.09. The van der Waals surface area contributed by atoms with Crippen LogP contribution >= 0.6 is 11.3 Å². The van der Waals surface area contributed by atoms with Crippen molar-refractivity contribution in [3.8, 4) is 5.13 Å². The Morgan fingerprint density at radius 3 is 2.80 bits per heavy atom. The molecule has 0 fully saturated rings. The predicted octanol–water partition coefficient (Wildman–Crippen LogP) is 1.85. The molecule has 0 spiro atoms. The summed E-state index contributed by atoms with van der Waals surface area (Å²) < 4.78 is 1.54. The molecule has 20 heavy (non-hydrogen) atoms. The zero-order valence-electron chi connectivity index (χ0n) is 10.4. The minimum atomic E-state index is -1.26. The Morgan fingerprint density at radius 2 is 2.15 bits per heavy atom. The number of nitrogens with zero attached hydrogens (tertiary/aromatic N) is 3. The molecular formula is C13H9N3O3S. The molecule has 0 saturated carbocycles. The highest BCUT2D eigenvalue weighted by Gasteiger charge is 2.18. The smallest absolute Gasteiger partial charge is 0.341 e. The number of pyridine rings is 2. The highest BCUT2D eigenvalue weighted by atomic mass is 32.1. The molecule has 100 valence electrons. The fourth-order valence-electron chi connectivity index (χ4n) is 2.02. The van der Waals surface area contributed by atoms with Gasteiger partial charge in [0.15, 0.2) is 5.13 Å². The molecule has 0 radical (unpaired) electrons. The third kappa shape index (κ3) is 1.79. The Kier molecular flexibility index (Phi) is 2.83. The van der Waals surface area contributed by atoms with Gasteiger partial charge >= 0.3 is 5.97 Å². The number of hydrogen-bond donors (Lipinski definition) is 1. The lowest BCUT2D eigenvalue weighted by atomic mass is 10.1. The summed E-state index contributed by atoms with van der Waals surface area (Å²) in [6.07, 6.45) is 4.47. The third-order valence-electron chi connectivity index (χ3n) is 2.95. The molecule has 0 aliphatic carbocycles. The first-order valence-corrected chi connectivity index (χ1v) is 6.61. The van der Waals surface area contributed by atoms with Crippen molar-refractivity contribution in [3.05, 3.63) is 51.4 Å². The van der Waals surface area contributed by atoms with Crippen molar-refractivity contribution in [1.82, 2.24) is 14.5 Å². The monoisotopic (exact) mass is 287 g/mol. The Balaban J connectivity index is 2.53. The number of aryl methyl sites for hydroxylation is 1. The SMILES string of the molecule is Cc1ccnc2c1c(=O)c(C(=O)O)cn2-c1nccs1. The summed E-state index contributed by atoms with van der Waals surface area (Å²) in [5.41, 5.74) is 0.290. The quantitative estimate of drug-likeness (QED) is 0.777. The highest BCUT2D eigenvalue weighted by Crippen LogP contribution is 2.19. The lowest BCUT2D eigenvalue weighted by molar-refractivity contribution is 0.0695. The molecule has 3 rings (SSSR count). The van der Waals surface area contributed by atoms with Gasteiger partial charge in [-0.1, -0.05) is 0 Å². The largest absolute Gasteiger partial charge is 0.477 e. The molecular weight excluding hydrogens is 278 g/mol. The van der Waals surface area contributed by atoms with Crippen molar-refractivity contribution in [2.75, 3.05) is 0 Å². The van der Waals surface area contributed by atoms with Crippen LogP contribution in [0.25, 0.3) is 16.2 Å². The van der Waals surface area contributed by atoms with E-state index in [0.29, 0.717) is 21.7 Å². The van der Waals surface area contributed by atoms with Gasteiger partial charge in [-0.2, -0.15) is 0 Å². The van der Waals surface area contributed by atoms with Crippen LogP contribution in [0.1, 0.15) is 15.9 Å². The Bertz CT molecular complexity index is 868. The van der Waals surface area contributed by atoms with E-state index >= 15 is 0 Å². The number of fused-ring (bicyclic) bond motifs is 1. The van der Waals surface area contributed by atoms with Crippen molar-refractivity contribution in [1.29, 1.82) is 0 Å². The molecule has 3 heterocycles. The van der Waals surface area contributed by atoms with E-state index in [1.807, 2.05) is 0 Å². The first kappa shape index (κ1) is 12.5. The summed E-state index contributed by atoms with van der Waals surface area (Å²) in [6, 6.07) is 1.68. The van der Waals surface area contributed by atoms with Crippen molar-refractivity contribution in [2.24, 2.45) is 0 Å². The zero-order chi connectivity index (χ0) is 14.3. The van der Waals surface area contributed by atoms with Crippen molar-refractivity contribution in [3.63, 3.8) is 0 Å². The summed E-state index contributed by atoms with van der Waals surface area (Å²) in [7, 11) is 0. The minimum absolute atomic E-state index is 0.288. The van der Waals surface area contributed by atoms with E-state index in [-0.39, 0.29) is 5.56 Å². The van der Waals surface area contributed by atoms with E-state index in [0.717, 1.165) is 0 Å². The molecule has 0 aliphatic heterocycles. The Labute approximate surface area is 117 Å². The summed E-state index contributed by atoms with van der Waals surface area (Å²) in [4.78, 5) is 31.8. The molecule has 0 aromatic carbocycles. The van der Waals surface area contributed by atoms with Crippen molar-refractivity contribution >= 4 is 28.3 Å². The average Bonchev–Trinajstić information content (AvgIpc) is 2.92. The number of carboxylic acid groups (broad SMARTS) is 1. The van der Waals surface area contributed by atoms with Gasteiger partial charge in [-0.05, 0) is 18.6 Å². The van der Waals surface area contributed by atoms with Gasteiger partial charge in [-0.15, -0.1) is 11.3 Å². The standard InChI is InChI=1S/C13H9N3O3S/c1-7-2-3-14-11-9(7)10(17)8(12(18)19)6-16(11)13-15-4-5-20-13/h2-6H,1H3,(H,18,19). The maximum atomic E-state index is 12.3. The molecule has 1 N–H and O–H groups in total. The van der Waals surface area contributed by atoms with Crippen molar-refractivity contribution in [2.45, 2.75) is 6.92 Å². The van der Waals surface area contributed by atoms with Gasteiger partial charge in [0.2, 0.25) is 5.43 Å². The average molecular weight is 287 g/mol. The van der Waals surface area contributed by atoms with Crippen LogP contribution in [-0.2, 0) is 0 Å². The number of aromatic carboxylic acids is 1. The molecule has 6 nitrogen and oxygen atoms in total. The summed E-state index contributed by atoms with van der Waals surface area (Å²) >= 11 is 1.34. The molecule has 0 bridgehead atoms. The van der Waals surface area contributed by atoms with E-state index in [1.54, 1.807) is 30.8 Å². The van der Waals surface area contributed by atoms with E-state index in [2.05, 4.69) is 9.97 Å². The number of aromatic nitrogens is 3. The van der Waals surface area contributed by atoms with Crippen LogP contribution in [-0.4, -0.2) is 25.6 Å². The van der Waals surface area contributed by atoms with E-state index < -0.39 is 11.4 Å². The summed E-state index contributed by atoms with van der Waals surface area (Å²) in [5.74, 6) is -1.26. The molecule has 0 atom stereocenters. The third-order valence-corrected chi connectivity index (χ3v) is 3.72. The predicted molar refractivity (Wildman–Crippen MR) is 74.7 cm³/mol. The van der Waals surface area contributed by atoms with Gasteiger partial charge in [0, 0.05) is 24.0 Å². The Morgan fingerprint density at radius 1 is 1.35 bits per heavy atom. The molecule has 7 heteroatoms.